The van der Waals surface area contributed by atoms with E-state index in [0.29, 0.717) is 5.56 Å². The van der Waals surface area contributed by atoms with Crippen LogP contribution in [0.4, 0.5) is 5.95 Å². The number of phenolic OH excluding ortho intramolecular Hbond substituents is 1. The lowest BCUT2D eigenvalue weighted by Gasteiger charge is -1.99. The van der Waals surface area contributed by atoms with Gasteiger partial charge in [0.1, 0.15) is 11.9 Å². The van der Waals surface area contributed by atoms with Gasteiger partial charge in [-0.3, -0.25) is 9.78 Å². The first kappa shape index (κ1) is 12.2. The maximum absolute atomic E-state index is 10.9. The Labute approximate surface area is 110 Å². The van der Waals surface area contributed by atoms with Gasteiger partial charge in [-0.25, -0.2) is 5.43 Å². The first-order chi connectivity index (χ1) is 8.65. The molecule has 2 rings (SSSR count). The van der Waals surface area contributed by atoms with Crippen molar-refractivity contribution in [2.45, 2.75) is 0 Å². The fraction of sp³-hybridized carbons (Fsp3) is 0. The molecule has 3 N–H and O–H groups in total. The SMILES string of the molecule is O=c1cnnc(NN=Cc2cc(Br)ccc2O)[nH]1. The number of aromatic nitrogens is 3. The molecule has 1 aromatic heterocycles. The van der Waals surface area contributed by atoms with Crippen LogP contribution < -0.4 is 11.0 Å². The Morgan fingerprint density at radius 1 is 1.50 bits per heavy atom. The zero-order valence-corrected chi connectivity index (χ0v) is 10.5. The van der Waals surface area contributed by atoms with Gasteiger partial charge in [0.05, 0.1) is 6.21 Å². The quantitative estimate of drug-likeness (QED) is 0.581. The number of benzene rings is 1. The molecule has 0 aliphatic rings. The summed E-state index contributed by atoms with van der Waals surface area (Å²) >= 11 is 3.28. The van der Waals surface area contributed by atoms with Gasteiger partial charge in [-0.05, 0) is 18.2 Å². The molecule has 1 heterocycles. The molecule has 2 aromatic rings. The number of nitrogens with one attached hydrogen (secondary N) is 2. The molecule has 0 saturated carbocycles. The molecule has 0 unspecified atom stereocenters. The first-order valence-corrected chi connectivity index (χ1v) is 5.64. The van der Waals surface area contributed by atoms with Crippen LogP contribution in [0.25, 0.3) is 0 Å². The second kappa shape index (κ2) is 5.41. The van der Waals surface area contributed by atoms with Crippen molar-refractivity contribution in [1.82, 2.24) is 15.2 Å². The van der Waals surface area contributed by atoms with E-state index in [4.69, 9.17) is 0 Å². The maximum atomic E-state index is 10.9. The Morgan fingerprint density at radius 3 is 3.11 bits per heavy atom. The molecule has 0 bridgehead atoms. The standard InChI is InChI=1S/C10H8BrN5O2/c11-7-1-2-8(17)6(3-7)4-12-15-10-14-9(18)5-13-16-10/h1-5,17H,(H2,14,15,16,18). The van der Waals surface area contributed by atoms with Crippen molar-refractivity contribution in [3.8, 4) is 5.75 Å². The van der Waals surface area contributed by atoms with Crippen LogP contribution in [0.3, 0.4) is 0 Å². The summed E-state index contributed by atoms with van der Waals surface area (Å²) in [5.74, 6) is 0.213. The molecular weight excluding hydrogens is 302 g/mol. The third-order valence-corrected chi connectivity index (χ3v) is 2.43. The van der Waals surface area contributed by atoms with Gasteiger partial charge in [0, 0.05) is 10.0 Å². The van der Waals surface area contributed by atoms with E-state index in [-0.39, 0.29) is 17.3 Å². The molecule has 0 amide bonds. The topological polar surface area (TPSA) is 103 Å². The van der Waals surface area contributed by atoms with Crippen LogP contribution in [0, 0.1) is 0 Å². The fourth-order valence-electron chi connectivity index (χ4n) is 1.16. The minimum Gasteiger partial charge on any atom is -0.507 e. The van der Waals surface area contributed by atoms with E-state index < -0.39 is 0 Å². The highest BCUT2D eigenvalue weighted by Gasteiger charge is 1.98. The van der Waals surface area contributed by atoms with E-state index in [2.05, 4.69) is 41.6 Å². The molecule has 0 aliphatic carbocycles. The van der Waals surface area contributed by atoms with Gasteiger partial charge >= 0.3 is 0 Å². The third-order valence-electron chi connectivity index (χ3n) is 1.94. The van der Waals surface area contributed by atoms with Gasteiger partial charge in [0.2, 0.25) is 5.95 Å². The van der Waals surface area contributed by atoms with Crippen LogP contribution in [0.15, 0.2) is 38.8 Å². The fourth-order valence-corrected chi connectivity index (χ4v) is 1.53. The molecule has 8 heteroatoms. The molecule has 0 fully saturated rings. The molecule has 92 valence electrons. The van der Waals surface area contributed by atoms with Crippen LogP contribution in [0.2, 0.25) is 0 Å². The van der Waals surface area contributed by atoms with Crippen LogP contribution in [0.5, 0.6) is 5.75 Å². The van der Waals surface area contributed by atoms with Gasteiger partial charge in [0.15, 0.2) is 0 Å². The maximum Gasteiger partial charge on any atom is 0.271 e. The number of aromatic hydroxyl groups is 1. The molecule has 0 radical (unpaired) electrons. The monoisotopic (exact) mass is 309 g/mol. The van der Waals surface area contributed by atoms with Gasteiger partial charge < -0.3 is 5.11 Å². The van der Waals surface area contributed by atoms with Gasteiger partial charge in [0.25, 0.3) is 5.56 Å². The van der Waals surface area contributed by atoms with E-state index in [1.807, 2.05) is 0 Å². The van der Waals surface area contributed by atoms with E-state index >= 15 is 0 Å². The smallest absolute Gasteiger partial charge is 0.271 e. The molecule has 0 aliphatic heterocycles. The summed E-state index contributed by atoms with van der Waals surface area (Å²) in [6.45, 7) is 0. The summed E-state index contributed by atoms with van der Waals surface area (Å²) in [7, 11) is 0. The molecule has 7 nitrogen and oxygen atoms in total. The highest BCUT2D eigenvalue weighted by atomic mass is 79.9. The minimum atomic E-state index is -0.381. The Bertz CT molecular complexity index is 640. The van der Waals surface area contributed by atoms with Crippen molar-refractivity contribution in [3.05, 3.63) is 44.8 Å². The molecule has 0 saturated heterocycles. The molecule has 1 aromatic carbocycles. The highest BCUT2D eigenvalue weighted by molar-refractivity contribution is 9.10. The predicted octanol–water partition coefficient (Wildman–Crippen LogP) is 1.08. The van der Waals surface area contributed by atoms with Crippen molar-refractivity contribution in [2.24, 2.45) is 5.10 Å². The lowest BCUT2D eigenvalue weighted by Crippen LogP contribution is -2.10. The second-order valence-electron chi connectivity index (χ2n) is 3.26. The minimum absolute atomic E-state index is 0.0939. The number of H-pyrrole nitrogens is 1. The number of halogens is 1. The van der Waals surface area contributed by atoms with Gasteiger partial charge in [-0.1, -0.05) is 15.9 Å². The summed E-state index contributed by atoms with van der Waals surface area (Å²) in [6.07, 6.45) is 2.45. The molecule has 18 heavy (non-hydrogen) atoms. The summed E-state index contributed by atoms with van der Waals surface area (Å²) in [4.78, 5) is 13.3. The van der Waals surface area contributed by atoms with Crippen LogP contribution in [-0.4, -0.2) is 26.5 Å². The number of anilines is 1. The van der Waals surface area contributed by atoms with Gasteiger partial charge in [-0.2, -0.15) is 5.10 Å². The normalized spacial score (nSPS) is 10.7. The second-order valence-corrected chi connectivity index (χ2v) is 4.17. The zero-order valence-electron chi connectivity index (χ0n) is 8.96. The number of nitrogens with zero attached hydrogens (tertiary/aromatic N) is 3. The lowest BCUT2D eigenvalue weighted by molar-refractivity contribution is 0.474. The van der Waals surface area contributed by atoms with Crippen molar-refractivity contribution in [3.63, 3.8) is 0 Å². The molecular formula is C10H8BrN5O2. The van der Waals surface area contributed by atoms with Crippen LogP contribution in [0.1, 0.15) is 5.56 Å². The predicted molar refractivity (Wildman–Crippen MR) is 69.7 cm³/mol. The Hall–Kier alpha value is -2.22. The number of hydrogen-bond acceptors (Lipinski definition) is 6. The van der Waals surface area contributed by atoms with E-state index in [0.717, 1.165) is 10.7 Å². The van der Waals surface area contributed by atoms with Crippen molar-refractivity contribution in [2.75, 3.05) is 5.43 Å². The zero-order chi connectivity index (χ0) is 13.0. The van der Waals surface area contributed by atoms with Crippen LogP contribution in [-0.2, 0) is 0 Å². The highest BCUT2D eigenvalue weighted by Crippen LogP contribution is 2.19. The van der Waals surface area contributed by atoms with Crippen molar-refractivity contribution >= 4 is 28.1 Å². The number of phenols is 1. The van der Waals surface area contributed by atoms with Crippen molar-refractivity contribution in [1.29, 1.82) is 0 Å². The van der Waals surface area contributed by atoms with E-state index in [1.54, 1.807) is 12.1 Å². The largest absolute Gasteiger partial charge is 0.507 e. The number of rotatable bonds is 3. The summed E-state index contributed by atoms with van der Waals surface area (Å²) in [5.41, 5.74) is 2.63. The first-order valence-electron chi connectivity index (χ1n) is 4.85. The summed E-state index contributed by atoms with van der Waals surface area (Å²) in [6, 6.07) is 4.94. The number of aromatic amines is 1. The van der Waals surface area contributed by atoms with Crippen LogP contribution >= 0.6 is 15.9 Å². The third kappa shape index (κ3) is 3.14. The number of hydrogen-bond donors (Lipinski definition) is 3. The Balaban J connectivity index is 2.12. The average molecular weight is 310 g/mol. The molecule has 0 atom stereocenters. The van der Waals surface area contributed by atoms with E-state index in [1.165, 1.54) is 12.3 Å². The van der Waals surface area contributed by atoms with E-state index in [9.17, 15) is 9.90 Å². The molecule has 0 spiro atoms. The average Bonchev–Trinajstić information content (AvgIpc) is 2.34. The number of hydrazone groups is 1. The Kier molecular flexibility index (Phi) is 3.68. The van der Waals surface area contributed by atoms with Gasteiger partial charge in [-0.15, -0.1) is 10.2 Å². The summed E-state index contributed by atoms with van der Waals surface area (Å²) in [5, 5.41) is 20.4. The summed E-state index contributed by atoms with van der Waals surface area (Å²) < 4.78 is 0.814. The van der Waals surface area contributed by atoms with Crippen molar-refractivity contribution < 1.29 is 5.11 Å². The Morgan fingerprint density at radius 2 is 2.33 bits per heavy atom. The lowest BCUT2D eigenvalue weighted by atomic mass is 10.2.